The molecule has 2 heterocycles. The van der Waals surface area contributed by atoms with E-state index < -0.39 is 0 Å². The standard InChI is InChI=1S/C11H19N3/c1-11(2,3)10-8-7-14(4)6-5-9(8)12-13-10/h5-7H2,1-4H3,(H,12,13). The number of hydrogen-bond acceptors (Lipinski definition) is 2. The lowest BCUT2D eigenvalue weighted by Crippen LogP contribution is -2.28. The van der Waals surface area contributed by atoms with E-state index in [0.29, 0.717) is 0 Å². The van der Waals surface area contributed by atoms with Crippen LogP contribution in [0.2, 0.25) is 0 Å². The third kappa shape index (κ3) is 1.57. The predicted octanol–water partition coefficient (Wildman–Crippen LogP) is 1.70. The van der Waals surface area contributed by atoms with Crippen LogP contribution < -0.4 is 0 Å². The molecule has 1 aliphatic rings. The van der Waals surface area contributed by atoms with Gasteiger partial charge in [0, 0.05) is 36.2 Å². The van der Waals surface area contributed by atoms with Gasteiger partial charge in [0.25, 0.3) is 0 Å². The fraction of sp³-hybridized carbons (Fsp3) is 0.727. The van der Waals surface area contributed by atoms with E-state index in [9.17, 15) is 0 Å². The summed E-state index contributed by atoms with van der Waals surface area (Å²) in [5.74, 6) is 0. The Morgan fingerprint density at radius 1 is 1.36 bits per heavy atom. The minimum absolute atomic E-state index is 0.155. The Morgan fingerprint density at radius 3 is 2.71 bits per heavy atom. The SMILES string of the molecule is CN1CCc2[nH]nc(C(C)(C)C)c2C1. The molecule has 0 amide bonds. The van der Waals surface area contributed by atoms with Crippen molar-refractivity contribution < 1.29 is 0 Å². The molecule has 0 spiro atoms. The molecule has 0 saturated heterocycles. The summed E-state index contributed by atoms with van der Waals surface area (Å²) in [5, 5.41) is 7.63. The number of nitrogens with one attached hydrogen (secondary N) is 1. The first-order chi connectivity index (χ1) is 6.48. The van der Waals surface area contributed by atoms with Gasteiger partial charge in [0.2, 0.25) is 0 Å². The largest absolute Gasteiger partial charge is 0.302 e. The lowest BCUT2D eigenvalue weighted by Gasteiger charge is -2.25. The molecule has 0 saturated carbocycles. The fourth-order valence-electron chi connectivity index (χ4n) is 2.05. The Bertz CT molecular complexity index is 333. The Labute approximate surface area is 85.5 Å². The first-order valence-electron chi connectivity index (χ1n) is 5.23. The molecule has 1 aliphatic heterocycles. The average molecular weight is 193 g/mol. The minimum Gasteiger partial charge on any atom is -0.302 e. The third-order valence-electron chi connectivity index (χ3n) is 2.83. The van der Waals surface area contributed by atoms with Crippen LogP contribution in [0, 0.1) is 0 Å². The number of rotatable bonds is 0. The number of aromatic amines is 1. The smallest absolute Gasteiger partial charge is 0.0723 e. The molecule has 0 aliphatic carbocycles. The van der Waals surface area contributed by atoms with Crippen molar-refractivity contribution in [2.45, 2.75) is 39.2 Å². The van der Waals surface area contributed by atoms with Gasteiger partial charge in [-0.3, -0.25) is 5.10 Å². The normalized spacial score (nSPS) is 18.3. The summed E-state index contributed by atoms with van der Waals surface area (Å²) >= 11 is 0. The number of likely N-dealkylation sites (N-methyl/N-ethyl adjacent to an activating group) is 1. The summed E-state index contributed by atoms with van der Waals surface area (Å²) in [6.07, 6.45) is 1.11. The first-order valence-corrected chi connectivity index (χ1v) is 5.23. The Balaban J connectivity index is 2.41. The highest BCUT2D eigenvalue weighted by atomic mass is 15.2. The second kappa shape index (κ2) is 3.09. The molecule has 0 unspecified atom stereocenters. The zero-order chi connectivity index (χ0) is 10.3. The van der Waals surface area contributed by atoms with Crippen LogP contribution in [0.4, 0.5) is 0 Å². The van der Waals surface area contributed by atoms with Crippen molar-refractivity contribution in [1.29, 1.82) is 0 Å². The summed E-state index contributed by atoms with van der Waals surface area (Å²) in [7, 11) is 2.17. The van der Waals surface area contributed by atoms with Crippen molar-refractivity contribution in [3.8, 4) is 0 Å². The van der Waals surface area contributed by atoms with Gasteiger partial charge in [-0.15, -0.1) is 0 Å². The molecule has 0 bridgehead atoms. The van der Waals surface area contributed by atoms with Crippen molar-refractivity contribution in [3.05, 3.63) is 17.0 Å². The number of hydrogen-bond donors (Lipinski definition) is 1. The van der Waals surface area contributed by atoms with Crippen molar-refractivity contribution >= 4 is 0 Å². The summed E-state index contributed by atoms with van der Waals surface area (Å²) in [4.78, 5) is 2.35. The minimum atomic E-state index is 0.155. The Morgan fingerprint density at radius 2 is 2.07 bits per heavy atom. The molecule has 1 aromatic rings. The third-order valence-corrected chi connectivity index (χ3v) is 2.83. The van der Waals surface area contributed by atoms with E-state index in [4.69, 9.17) is 0 Å². The van der Waals surface area contributed by atoms with Crippen molar-refractivity contribution in [1.82, 2.24) is 15.1 Å². The predicted molar refractivity (Wildman–Crippen MR) is 57.3 cm³/mol. The highest BCUT2D eigenvalue weighted by molar-refractivity contribution is 5.31. The average Bonchev–Trinajstić information content (AvgIpc) is 2.45. The summed E-state index contributed by atoms with van der Waals surface area (Å²) in [5.41, 5.74) is 4.15. The van der Waals surface area contributed by atoms with Gasteiger partial charge < -0.3 is 4.90 Å². The van der Waals surface area contributed by atoms with Gasteiger partial charge in [0.1, 0.15) is 0 Å². The summed E-state index contributed by atoms with van der Waals surface area (Å²) in [6.45, 7) is 8.84. The van der Waals surface area contributed by atoms with E-state index in [2.05, 4.69) is 42.9 Å². The zero-order valence-electron chi connectivity index (χ0n) is 9.52. The van der Waals surface area contributed by atoms with E-state index in [0.717, 1.165) is 19.5 Å². The van der Waals surface area contributed by atoms with Crippen LogP contribution >= 0.6 is 0 Å². The molecule has 14 heavy (non-hydrogen) atoms. The van der Waals surface area contributed by atoms with Crippen LogP contribution in [-0.2, 0) is 18.4 Å². The summed E-state index contributed by atoms with van der Waals surface area (Å²) in [6, 6.07) is 0. The number of nitrogens with zero attached hydrogens (tertiary/aromatic N) is 2. The summed E-state index contributed by atoms with van der Waals surface area (Å²) < 4.78 is 0. The number of H-pyrrole nitrogens is 1. The van der Waals surface area contributed by atoms with Crippen LogP contribution in [-0.4, -0.2) is 28.7 Å². The fourth-order valence-corrected chi connectivity index (χ4v) is 2.05. The maximum Gasteiger partial charge on any atom is 0.0723 e. The van der Waals surface area contributed by atoms with Crippen molar-refractivity contribution in [3.63, 3.8) is 0 Å². The highest BCUT2D eigenvalue weighted by Gasteiger charge is 2.26. The van der Waals surface area contributed by atoms with Gasteiger partial charge in [-0.1, -0.05) is 20.8 Å². The lowest BCUT2D eigenvalue weighted by molar-refractivity contribution is 0.308. The second-order valence-corrected chi connectivity index (χ2v) is 5.27. The molecular weight excluding hydrogens is 174 g/mol. The van der Waals surface area contributed by atoms with Crippen LogP contribution in [0.15, 0.2) is 0 Å². The first kappa shape index (κ1) is 9.71. The van der Waals surface area contributed by atoms with E-state index >= 15 is 0 Å². The van der Waals surface area contributed by atoms with Crippen LogP contribution in [0.3, 0.4) is 0 Å². The Kier molecular flexibility index (Phi) is 2.14. The molecular formula is C11H19N3. The molecule has 0 aromatic carbocycles. The van der Waals surface area contributed by atoms with E-state index in [1.54, 1.807) is 0 Å². The molecule has 0 atom stereocenters. The van der Waals surface area contributed by atoms with E-state index in [-0.39, 0.29) is 5.41 Å². The molecule has 1 N–H and O–H groups in total. The van der Waals surface area contributed by atoms with Crippen molar-refractivity contribution in [2.24, 2.45) is 0 Å². The van der Waals surface area contributed by atoms with Gasteiger partial charge >= 0.3 is 0 Å². The molecule has 0 radical (unpaired) electrons. The van der Waals surface area contributed by atoms with Gasteiger partial charge in [-0.2, -0.15) is 5.10 Å². The van der Waals surface area contributed by atoms with Gasteiger partial charge in [0.05, 0.1) is 5.69 Å². The number of aromatic nitrogens is 2. The van der Waals surface area contributed by atoms with E-state index in [1.807, 2.05) is 0 Å². The lowest BCUT2D eigenvalue weighted by atomic mass is 9.87. The van der Waals surface area contributed by atoms with Crippen molar-refractivity contribution in [2.75, 3.05) is 13.6 Å². The molecule has 0 fully saturated rings. The highest BCUT2D eigenvalue weighted by Crippen LogP contribution is 2.28. The molecule has 3 nitrogen and oxygen atoms in total. The zero-order valence-corrected chi connectivity index (χ0v) is 9.52. The maximum absolute atomic E-state index is 4.45. The Hall–Kier alpha value is -0.830. The molecule has 78 valence electrons. The van der Waals surface area contributed by atoms with Gasteiger partial charge in [0.15, 0.2) is 0 Å². The molecule has 1 aromatic heterocycles. The number of fused-ring (bicyclic) bond motifs is 1. The van der Waals surface area contributed by atoms with Crippen LogP contribution in [0.1, 0.15) is 37.7 Å². The monoisotopic (exact) mass is 193 g/mol. The van der Waals surface area contributed by atoms with Crippen LogP contribution in [0.25, 0.3) is 0 Å². The van der Waals surface area contributed by atoms with E-state index in [1.165, 1.54) is 17.0 Å². The van der Waals surface area contributed by atoms with Gasteiger partial charge in [-0.05, 0) is 7.05 Å². The molecule has 3 heteroatoms. The van der Waals surface area contributed by atoms with Gasteiger partial charge in [-0.25, -0.2) is 0 Å². The quantitative estimate of drug-likeness (QED) is 0.680. The second-order valence-electron chi connectivity index (χ2n) is 5.27. The topological polar surface area (TPSA) is 31.9 Å². The molecule has 2 rings (SSSR count). The maximum atomic E-state index is 4.45. The van der Waals surface area contributed by atoms with Crippen LogP contribution in [0.5, 0.6) is 0 Å².